The van der Waals surface area contributed by atoms with Gasteiger partial charge in [0.05, 0.1) is 0 Å². The predicted molar refractivity (Wildman–Crippen MR) is 55.7 cm³/mol. The van der Waals surface area contributed by atoms with Crippen LogP contribution in [0.4, 0.5) is 0 Å². The van der Waals surface area contributed by atoms with E-state index in [9.17, 15) is 9.59 Å². The molecule has 0 aliphatic heterocycles. The Labute approximate surface area is 140 Å². The summed E-state index contributed by atoms with van der Waals surface area (Å²) in [4.78, 5) is 21.3. The summed E-state index contributed by atoms with van der Waals surface area (Å²) in [5.74, 6) is -3.09. The first-order valence-corrected chi connectivity index (χ1v) is 5.57. The summed E-state index contributed by atoms with van der Waals surface area (Å²) in [6.07, 6.45) is 6.94. The number of rotatable bonds is 5. The Morgan fingerprint density at radius 1 is 1.12 bits per heavy atom. The topological polar surface area (TPSA) is 74.6 Å². The van der Waals surface area contributed by atoms with Crippen molar-refractivity contribution in [2.24, 2.45) is 11.8 Å². The molecule has 4 nitrogen and oxygen atoms in total. The number of carboxylic acid groups (broad SMARTS) is 2. The van der Waals surface area contributed by atoms with Crippen LogP contribution in [-0.2, 0) is 9.59 Å². The van der Waals surface area contributed by atoms with Crippen LogP contribution in [0.5, 0.6) is 0 Å². The van der Waals surface area contributed by atoms with E-state index in [1.165, 1.54) is 19.3 Å². The van der Waals surface area contributed by atoms with E-state index in [0.29, 0.717) is 5.92 Å². The smallest absolute Gasteiger partial charge is 1.00 e. The van der Waals surface area contributed by atoms with Gasteiger partial charge in [0.15, 0.2) is 5.92 Å². The molecule has 0 aromatic heterocycles. The standard InChI is InChI=1S/C11H18O4.K.H/c12-10(13)9(11(14)15)7-6-8-4-2-1-3-5-8;;/h8-9H,1-7H2,(H,12,13)(H,14,15);;/q;+1;-1. The second kappa shape index (κ2) is 8.64. The van der Waals surface area contributed by atoms with Gasteiger partial charge in [-0.05, 0) is 18.8 Å². The number of hydrogen-bond acceptors (Lipinski definition) is 2. The normalized spacial score (nSPS) is 16.8. The minimum absolute atomic E-state index is 0. The molecule has 1 rings (SSSR count). The van der Waals surface area contributed by atoms with Crippen LogP contribution >= 0.6 is 0 Å². The van der Waals surface area contributed by atoms with Gasteiger partial charge in [0.25, 0.3) is 0 Å². The Kier molecular flexibility index (Phi) is 8.95. The average molecular weight is 254 g/mol. The summed E-state index contributed by atoms with van der Waals surface area (Å²) in [6, 6.07) is 0. The Balaban J connectivity index is 0. The Morgan fingerprint density at radius 3 is 2.06 bits per heavy atom. The first kappa shape index (κ1) is 16.6. The molecule has 0 aromatic rings. The van der Waals surface area contributed by atoms with Crippen molar-refractivity contribution < 1.29 is 72.6 Å². The molecule has 0 heterocycles. The third kappa shape index (κ3) is 5.77. The molecule has 0 unspecified atom stereocenters. The van der Waals surface area contributed by atoms with Crippen molar-refractivity contribution in [1.29, 1.82) is 0 Å². The second-order valence-corrected chi connectivity index (χ2v) is 4.31. The third-order valence-corrected chi connectivity index (χ3v) is 3.18. The molecule has 88 valence electrons. The number of carbonyl (C=O) groups is 2. The zero-order valence-corrected chi connectivity index (χ0v) is 12.9. The quantitative estimate of drug-likeness (QED) is 0.500. The average Bonchev–Trinajstić information content (AvgIpc) is 2.18. The van der Waals surface area contributed by atoms with Gasteiger partial charge in [0.1, 0.15) is 0 Å². The molecular formula is C11H19KO4. The molecule has 0 spiro atoms. The van der Waals surface area contributed by atoms with Gasteiger partial charge in [-0.3, -0.25) is 9.59 Å². The number of hydrogen-bond donors (Lipinski definition) is 2. The fraction of sp³-hybridized carbons (Fsp3) is 0.818. The molecule has 0 aromatic carbocycles. The van der Waals surface area contributed by atoms with E-state index in [-0.39, 0.29) is 59.2 Å². The molecular weight excluding hydrogens is 235 g/mol. The fourth-order valence-corrected chi connectivity index (χ4v) is 2.23. The van der Waals surface area contributed by atoms with Gasteiger partial charge < -0.3 is 11.6 Å². The summed E-state index contributed by atoms with van der Waals surface area (Å²) in [6.45, 7) is 0. The molecule has 0 radical (unpaired) electrons. The van der Waals surface area contributed by atoms with E-state index in [0.717, 1.165) is 19.3 Å². The zero-order chi connectivity index (χ0) is 11.3. The summed E-state index contributed by atoms with van der Waals surface area (Å²) in [5, 5.41) is 17.4. The van der Waals surface area contributed by atoms with Crippen molar-refractivity contribution in [2.45, 2.75) is 44.9 Å². The molecule has 0 saturated heterocycles. The molecule has 1 aliphatic rings. The zero-order valence-electron chi connectivity index (χ0n) is 10.8. The first-order chi connectivity index (χ1) is 7.11. The van der Waals surface area contributed by atoms with Crippen molar-refractivity contribution in [1.82, 2.24) is 0 Å². The van der Waals surface area contributed by atoms with Gasteiger partial charge in [0.2, 0.25) is 0 Å². The van der Waals surface area contributed by atoms with Crippen LogP contribution in [0.1, 0.15) is 46.4 Å². The Bertz CT molecular complexity index is 228. The van der Waals surface area contributed by atoms with Crippen LogP contribution < -0.4 is 51.4 Å². The summed E-state index contributed by atoms with van der Waals surface area (Å²) >= 11 is 0. The van der Waals surface area contributed by atoms with Crippen LogP contribution in [0.15, 0.2) is 0 Å². The Morgan fingerprint density at radius 2 is 1.62 bits per heavy atom. The molecule has 1 aliphatic carbocycles. The van der Waals surface area contributed by atoms with Crippen LogP contribution in [0.3, 0.4) is 0 Å². The van der Waals surface area contributed by atoms with E-state index < -0.39 is 17.9 Å². The van der Waals surface area contributed by atoms with Gasteiger partial charge in [0, 0.05) is 0 Å². The molecule has 16 heavy (non-hydrogen) atoms. The maximum atomic E-state index is 10.6. The van der Waals surface area contributed by atoms with Crippen molar-refractivity contribution in [3.05, 3.63) is 0 Å². The van der Waals surface area contributed by atoms with E-state index in [2.05, 4.69) is 0 Å². The molecule has 0 amide bonds. The minimum atomic E-state index is -1.22. The summed E-state index contributed by atoms with van der Waals surface area (Å²) in [5.41, 5.74) is 0. The van der Waals surface area contributed by atoms with Gasteiger partial charge in [-0.2, -0.15) is 0 Å². The minimum Gasteiger partial charge on any atom is -1.00 e. The predicted octanol–water partition coefficient (Wildman–Crippen LogP) is -0.751. The van der Waals surface area contributed by atoms with Crippen LogP contribution in [0.2, 0.25) is 0 Å². The van der Waals surface area contributed by atoms with E-state index in [1.807, 2.05) is 0 Å². The number of aliphatic carboxylic acids is 2. The summed E-state index contributed by atoms with van der Waals surface area (Å²) < 4.78 is 0. The molecule has 0 bridgehead atoms. The first-order valence-electron chi connectivity index (χ1n) is 5.57. The van der Waals surface area contributed by atoms with Crippen molar-refractivity contribution in [3.8, 4) is 0 Å². The largest absolute Gasteiger partial charge is 1.00 e. The van der Waals surface area contributed by atoms with Crippen LogP contribution in [0, 0.1) is 11.8 Å². The van der Waals surface area contributed by atoms with Crippen molar-refractivity contribution in [3.63, 3.8) is 0 Å². The van der Waals surface area contributed by atoms with E-state index in [4.69, 9.17) is 10.2 Å². The fourth-order valence-electron chi connectivity index (χ4n) is 2.23. The molecule has 1 fully saturated rings. The van der Waals surface area contributed by atoms with Gasteiger partial charge in [-0.15, -0.1) is 0 Å². The van der Waals surface area contributed by atoms with E-state index >= 15 is 0 Å². The van der Waals surface area contributed by atoms with Gasteiger partial charge >= 0.3 is 63.3 Å². The van der Waals surface area contributed by atoms with Crippen molar-refractivity contribution in [2.75, 3.05) is 0 Å². The van der Waals surface area contributed by atoms with E-state index in [1.54, 1.807) is 0 Å². The van der Waals surface area contributed by atoms with Crippen LogP contribution in [0.25, 0.3) is 0 Å². The van der Waals surface area contributed by atoms with Gasteiger partial charge in [-0.25, -0.2) is 0 Å². The van der Waals surface area contributed by atoms with Crippen LogP contribution in [-0.4, -0.2) is 22.2 Å². The Hall–Kier alpha value is 0.576. The molecule has 0 atom stereocenters. The van der Waals surface area contributed by atoms with Crippen molar-refractivity contribution >= 4 is 11.9 Å². The molecule has 2 N–H and O–H groups in total. The third-order valence-electron chi connectivity index (χ3n) is 3.18. The summed E-state index contributed by atoms with van der Waals surface area (Å²) in [7, 11) is 0. The number of carboxylic acids is 2. The SMILES string of the molecule is O=C(O)C(CCC1CCCCC1)C(=O)O.[H-].[K+]. The maximum absolute atomic E-state index is 10.6. The van der Waals surface area contributed by atoms with Gasteiger partial charge in [-0.1, -0.05) is 32.1 Å². The molecule has 5 heteroatoms. The second-order valence-electron chi connectivity index (χ2n) is 4.31. The monoisotopic (exact) mass is 254 g/mol. The maximum Gasteiger partial charge on any atom is 1.00 e. The molecule has 1 saturated carbocycles.